The SMILES string of the molecule is CC1(C)C2=CC(=O)[C@@](O)(c3ccccc3)C(=O)N2c2ccccc21. The van der Waals surface area contributed by atoms with Crippen molar-refractivity contribution in [1.82, 2.24) is 0 Å². The van der Waals surface area contributed by atoms with Crippen LogP contribution in [0.5, 0.6) is 0 Å². The van der Waals surface area contributed by atoms with Crippen molar-refractivity contribution in [2.75, 3.05) is 4.90 Å². The Morgan fingerprint density at radius 1 is 0.917 bits per heavy atom. The molecule has 0 aromatic heterocycles. The van der Waals surface area contributed by atoms with Gasteiger partial charge in [-0.2, -0.15) is 0 Å². The van der Waals surface area contributed by atoms with E-state index in [9.17, 15) is 14.7 Å². The van der Waals surface area contributed by atoms with Gasteiger partial charge in [-0.05, 0) is 11.6 Å². The van der Waals surface area contributed by atoms with Gasteiger partial charge in [0, 0.05) is 22.8 Å². The molecule has 24 heavy (non-hydrogen) atoms. The van der Waals surface area contributed by atoms with Gasteiger partial charge in [0.25, 0.3) is 5.91 Å². The number of amides is 1. The van der Waals surface area contributed by atoms with Crippen molar-refractivity contribution in [2.45, 2.75) is 24.9 Å². The first-order valence-electron chi connectivity index (χ1n) is 7.87. The number of ketones is 1. The standard InChI is InChI=1S/C20H17NO3/c1-19(2)14-10-6-7-11-15(14)21-16(19)12-17(22)20(24,18(21)23)13-8-4-3-5-9-13/h3-12,24H,1-2H3/t20-/m0/s1. The number of hydrogen-bond acceptors (Lipinski definition) is 3. The van der Waals surface area contributed by atoms with Crippen LogP contribution in [0.1, 0.15) is 25.0 Å². The number of carbonyl (C=O) groups is 2. The fourth-order valence-electron chi connectivity index (χ4n) is 3.65. The zero-order valence-corrected chi connectivity index (χ0v) is 13.5. The first-order chi connectivity index (χ1) is 11.4. The van der Waals surface area contributed by atoms with Crippen molar-refractivity contribution in [2.24, 2.45) is 0 Å². The molecule has 4 heteroatoms. The second-order valence-corrected chi connectivity index (χ2v) is 6.75. The van der Waals surface area contributed by atoms with E-state index in [0.717, 1.165) is 11.3 Å². The van der Waals surface area contributed by atoms with Crippen molar-refractivity contribution in [1.29, 1.82) is 0 Å². The summed E-state index contributed by atoms with van der Waals surface area (Å²) >= 11 is 0. The van der Waals surface area contributed by atoms with Gasteiger partial charge in [-0.3, -0.25) is 14.5 Å². The van der Waals surface area contributed by atoms with E-state index in [4.69, 9.17) is 0 Å². The van der Waals surface area contributed by atoms with Gasteiger partial charge in [0.15, 0.2) is 0 Å². The lowest BCUT2D eigenvalue weighted by atomic mass is 9.79. The van der Waals surface area contributed by atoms with Crippen molar-refractivity contribution in [3.63, 3.8) is 0 Å². The molecule has 4 nitrogen and oxygen atoms in total. The molecule has 2 aromatic rings. The largest absolute Gasteiger partial charge is 0.369 e. The highest BCUT2D eigenvalue weighted by atomic mass is 16.3. The monoisotopic (exact) mass is 319 g/mol. The highest BCUT2D eigenvalue weighted by Gasteiger charge is 2.56. The number of carbonyl (C=O) groups excluding carboxylic acids is 2. The minimum Gasteiger partial charge on any atom is -0.369 e. The summed E-state index contributed by atoms with van der Waals surface area (Å²) in [6, 6.07) is 15.9. The highest BCUT2D eigenvalue weighted by Crippen LogP contribution is 2.51. The van der Waals surface area contributed by atoms with Crippen LogP contribution in [-0.2, 0) is 20.6 Å². The molecule has 0 spiro atoms. The van der Waals surface area contributed by atoms with E-state index in [1.54, 1.807) is 30.3 Å². The van der Waals surface area contributed by atoms with Crippen LogP contribution < -0.4 is 4.90 Å². The first kappa shape index (κ1) is 14.8. The summed E-state index contributed by atoms with van der Waals surface area (Å²) in [6.07, 6.45) is 1.41. The Bertz CT molecular complexity index is 898. The van der Waals surface area contributed by atoms with Gasteiger partial charge < -0.3 is 5.11 Å². The number of rotatable bonds is 1. The molecule has 0 bridgehead atoms. The van der Waals surface area contributed by atoms with Gasteiger partial charge in [0.1, 0.15) is 0 Å². The molecule has 1 amide bonds. The minimum absolute atomic E-state index is 0.289. The summed E-state index contributed by atoms with van der Waals surface area (Å²) in [5, 5.41) is 11.0. The maximum atomic E-state index is 13.2. The van der Waals surface area contributed by atoms with Gasteiger partial charge in [-0.1, -0.05) is 62.4 Å². The molecular weight excluding hydrogens is 302 g/mol. The normalized spacial score (nSPS) is 24.5. The molecular formula is C20H17NO3. The maximum absolute atomic E-state index is 13.2. The van der Waals surface area contributed by atoms with E-state index < -0.39 is 22.7 Å². The second kappa shape index (κ2) is 4.65. The van der Waals surface area contributed by atoms with Gasteiger partial charge in [-0.15, -0.1) is 0 Å². The third-order valence-corrected chi connectivity index (χ3v) is 5.03. The van der Waals surface area contributed by atoms with Gasteiger partial charge in [0.05, 0.1) is 5.69 Å². The third-order valence-electron chi connectivity index (χ3n) is 5.03. The number of para-hydroxylation sites is 1. The number of fused-ring (bicyclic) bond motifs is 3. The predicted octanol–water partition coefficient (Wildman–Crippen LogP) is 2.67. The molecule has 1 N–H and O–H groups in total. The molecule has 2 aliphatic heterocycles. The highest BCUT2D eigenvalue weighted by molar-refractivity contribution is 6.24. The van der Waals surface area contributed by atoms with Crippen LogP contribution in [-0.4, -0.2) is 16.8 Å². The second-order valence-electron chi connectivity index (χ2n) is 6.75. The molecule has 0 aliphatic carbocycles. The van der Waals surface area contributed by atoms with Crippen molar-refractivity contribution in [3.05, 3.63) is 77.5 Å². The molecule has 1 atom stereocenters. The van der Waals surface area contributed by atoms with E-state index in [0.29, 0.717) is 5.70 Å². The zero-order valence-electron chi connectivity index (χ0n) is 13.5. The average molecular weight is 319 g/mol. The van der Waals surface area contributed by atoms with Gasteiger partial charge >= 0.3 is 0 Å². The number of anilines is 1. The molecule has 4 rings (SSSR count). The average Bonchev–Trinajstić information content (AvgIpc) is 2.81. The number of nitrogens with zero attached hydrogens (tertiary/aromatic N) is 1. The molecule has 0 unspecified atom stereocenters. The van der Waals surface area contributed by atoms with Gasteiger partial charge in [-0.25, -0.2) is 0 Å². The Hall–Kier alpha value is -2.72. The van der Waals surface area contributed by atoms with Crippen molar-refractivity contribution in [3.8, 4) is 0 Å². The van der Waals surface area contributed by atoms with Crippen molar-refractivity contribution < 1.29 is 14.7 Å². The van der Waals surface area contributed by atoms with Crippen LogP contribution in [0.3, 0.4) is 0 Å². The number of benzene rings is 2. The summed E-state index contributed by atoms with van der Waals surface area (Å²) in [5.41, 5.74) is -0.0646. The molecule has 0 saturated heterocycles. The summed E-state index contributed by atoms with van der Waals surface area (Å²) < 4.78 is 0. The molecule has 2 aromatic carbocycles. The molecule has 2 aliphatic rings. The van der Waals surface area contributed by atoms with Crippen LogP contribution in [0.15, 0.2) is 66.4 Å². The first-order valence-corrected chi connectivity index (χ1v) is 7.87. The maximum Gasteiger partial charge on any atom is 0.276 e. The number of allylic oxidation sites excluding steroid dienone is 1. The number of hydrogen-bond donors (Lipinski definition) is 1. The van der Waals surface area contributed by atoms with Crippen LogP contribution in [0.25, 0.3) is 0 Å². The van der Waals surface area contributed by atoms with Crippen LogP contribution in [0, 0.1) is 0 Å². The van der Waals surface area contributed by atoms with E-state index in [1.807, 2.05) is 38.1 Å². The van der Waals surface area contributed by atoms with Crippen molar-refractivity contribution >= 4 is 17.4 Å². The van der Waals surface area contributed by atoms with E-state index >= 15 is 0 Å². The van der Waals surface area contributed by atoms with Crippen LogP contribution in [0.2, 0.25) is 0 Å². The lowest BCUT2D eigenvalue weighted by molar-refractivity contribution is -0.149. The third kappa shape index (κ3) is 1.66. The molecule has 0 radical (unpaired) electrons. The van der Waals surface area contributed by atoms with E-state index in [1.165, 1.54) is 11.0 Å². The quantitative estimate of drug-likeness (QED) is 0.822. The molecule has 120 valence electrons. The van der Waals surface area contributed by atoms with Crippen LogP contribution in [0.4, 0.5) is 5.69 Å². The van der Waals surface area contributed by atoms with Gasteiger partial charge in [0.2, 0.25) is 11.4 Å². The Balaban J connectivity index is 1.97. The topological polar surface area (TPSA) is 57.6 Å². The molecule has 0 saturated carbocycles. The zero-order chi connectivity index (χ0) is 17.1. The fraction of sp³-hybridized carbons (Fsp3) is 0.200. The van der Waals surface area contributed by atoms with Crippen LogP contribution >= 0.6 is 0 Å². The Morgan fingerprint density at radius 3 is 2.25 bits per heavy atom. The molecule has 2 heterocycles. The Labute approximate surface area is 140 Å². The summed E-state index contributed by atoms with van der Waals surface area (Å²) in [5.74, 6) is -1.21. The minimum atomic E-state index is -2.18. The number of aliphatic hydroxyl groups is 1. The predicted molar refractivity (Wildman–Crippen MR) is 90.4 cm³/mol. The summed E-state index contributed by atoms with van der Waals surface area (Å²) in [4.78, 5) is 27.4. The summed E-state index contributed by atoms with van der Waals surface area (Å²) in [7, 11) is 0. The lowest BCUT2D eigenvalue weighted by Crippen LogP contribution is -2.55. The summed E-state index contributed by atoms with van der Waals surface area (Å²) in [6.45, 7) is 3.95. The smallest absolute Gasteiger partial charge is 0.276 e. The lowest BCUT2D eigenvalue weighted by Gasteiger charge is -2.36. The molecule has 0 fully saturated rings. The fourth-order valence-corrected chi connectivity index (χ4v) is 3.65. The Morgan fingerprint density at radius 2 is 1.54 bits per heavy atom. The Kier molecular flexibility index (Phi) is 2.87. The van der Waals surface area contributed by atoms with E-state index in [2.05, 4.69) is 0 Å². The van der Waals surface area contributed by atoms with E-state index in [-0.39, 0.29) is 5.56 Å².